The minimum atomic E-state index is -3.81. The summed E-state index contributed by atoms with van der Waals surface area (Å²) in [5, 5.41) is 0. The van der Waals surface area contributed by atoms with Gasteiger partial charge in [-0.05, 0) is 0 Å². The normalized spacial score (nSPS) is 17.7. The number of alkyl halides is 39. The fraction of sp³-hybridized carbons (Fsp3) is 1.00. The first-order valence-corrected chi connectivity index (χ1v) is 28.4. The molecule has 1 N–H and O–H groups in total. The largest absolute Gasteiger partial charge is 0.304 e. The minimum absolute atomic E-state index is 2.90. The Morgan fingerprint density at radius 2 is 0.339 bits per heavy atom. The molecule has 3 nitrogen and oxygen atoms in total. The second-order valence-electron chi connectivity index (χ2n) is 11.1. The van der Waals surface area contributed by atoms with E-state index in [9.17, 15) is 8.76 Å². The molecule has 0 aliphatic heterocycles. The lowest BCUT2D eigenvalue weighted by atomic mass is 9.96. The van der Waals surface area contributed by atoms with Crippen LogP contribution < -0.4 is 0 Å². The van der Waals surface area contributed by atoms with Crippen molar-refractivity contribution in [2.75, 3.05) is 0 Å². The molecular weight excluding hydrogens is 1690 g/mol. The quantitative estimate of drug-likeness (QED) is 0.104. The van der Waals surface area contributed by atoms with Gasteiger partial charge < -0.3 is 0 Å². The smallest absolute Gasteiger partial charge is 0.284 e. The fourth-order valence-corrected chi connectivity index (χ4v) is 17.4. The van der Waals surface area contributed by atoms with Gasteiger partial charge >= 0.3 is 11.4 Å². The summed E-state index contributed by atoms with van der Waals surface area (Å²) in [6, 6.07) is 0. The van der Waals surface area contributed by atoms with Gasteiger partial charge in [-0.3, -0.25) is 4.55 Å². The first-order chi connectivity index (χ1) is 25.9. The molecule has 43 heteroatoms. The standard InChI is InChI=1S/C19HCl39O3S/c20-1(21,2(22,23)4(26,27)6(30,31)8(34,35)10(38,39)12(42,43)14(46,47)16(50,51)18(54,55)56)3(24,25)5(28,29)7(32,33)9(36,37)11(40,41)13(44,45)15(48,49)17(52,53)19(57,58)61-62(59)60/h(H,59,60). The van der Waals surface area contributed by atoms with Crippen LogP contribution in [0, 0.1) is 0 Å². The summed E-state index contributed by atoms with van der Waals surface area (Å²) >= 11 is 245. The maximum atomic E-state index is 11.4. The molecule has 0 aromatic heterocycles. The molecule has 0 amide bonds. The molecule has 0 aromatic carbocycles. The highest BCUT2D eigenvalue weighted by Gasteiger charge is 2.89. The van der Waals surface area contributed by atoms with Gasteiger partial charge in [0.05, 0.1) is 0 Å². The lowest BCUT2D eigenvalue weighted by Gasteiger charge is -2.59. The van der Waals surface area contributed by atoms with Crippen molar-refractivity contribution in [2.24, 2.45) is 0 Å². The average Bonchev–Trinajstić information content (AvgIpc) is 3.01. The molecule has 0 rings (SSSR count). The van der Waals surface area contributed by atoms with Crippen molar-refractivity contribution in [3.63, 3.8) is 0 Å². The van der Waals surface area contributed by atoms with Gasteiger partial charge in [0.15, 0.2) is 65.0 Å². The Labute approximate surface area is 549 Å². The molecule has 0 heterocycles. The lowest BCUT2D eigenvalue weighted by molar-refractivity contribution is 0.208. The number of rotatable bonds is 19. The van der Waals surface area contributed by atoms with Crippen molar-refractivity contribution in [3.8, 4) is 0 Å². The molecule has 374 valence electrons. The van der Waals surface area contributed by atoms with E-state index in [0.29, 0.717) is 0 Å². The van der Waals surface area contributed by atoms with Crippen LogP contribution in [0.4, 0.5) is 0 Å². The van der Waals surface area contributed by atoms with Crippen LogP contribution in [0.2, 0.25) is 0 Å². The maximum absolute atomic E-state index is 11.4. The molecule has 0 aromatic rings. The highest BCUT2D eigenvalue weighted by Crippen LogP contribution is 2.79. The molecule has 0 radical (unpaired) electrons. The lowest BCUT2D eigenvalue weighted by Crippen LogP contribution is -2.76. The van der Waals surface area contributed by atoms with Crippen molar-refractivity contribution >= 4 is 464 Å². The van der Waals surface area contributed by atoms with Gasteiger partial charge in [-0.2, -0.15) is 4.21 Å². The van der Waals surface area contributed by atoms with Crippen molar-refractivity contribution in [1.29, 1.82) is 0 Å². The summed E-state index contributed by atoms with van der Waals surface area (Å²) in [4.78, 5) is 0. The van der Waals surface area contributed by atoms with Crippen molar-refractivity contribution in [1.82, 2.24) is 0 Å². The number of hydrogen-bond donors (Lipinski definition) is 1. The second kappa shape index (κ2) is 22.0. The Bertz CT molecular complexity index is 1670. The molecule has 0 aliphatic carbocycles. The van der Waals surface area contributed by atoms with Crippen LogP contribution in [0.5, 0.6) is 0 Å². The number of halogens is 39. The highest BCUT2D eigenvalue weighted by molar-refractivity contribution is 7.74. The van der Waals surface area contributed by atoms with Gasteiger partial charge in [-0.15, -0.1) is 0 Å². The summed E-state index contributed by atoms with van der Waals surface area (Å²) in [6.45, 7) is 0. The Morgan fingerprint density at radius 3 is 0.452 bits per heavy atom. The molecule has 62 heavy (non-hydrogen) atoms. The van der Waals surface area contributed by atoms with Gasteiger partial charge in [0.2, 0.25) is 12.5 Å². The predicted octanol–water partition coefficient (Wildman–Crippen LogP) is 22.6. The zero-order valence-electron chi connectivity index (χ0n) is 25.9. The van der Waals surface area contributed by atoms with Gasteiger partial charge in [0.1, 0.15) is 0 Å². The molecule has 0 saturated carbocycles. The van der Waals surface area contributed by atoms with Crippen molar-refractivity contribution in [2.45, 2.75) is 82.0 Å². The van der Waals surface area contributed by atoms with E-state index in [2.05, 4.69) is 4.18 Å². The van der Waals surface area contributed by atoms with Crippen LogP contribution in [0.15, 0.2) is 0 Å². The van der Waals surface area contributed by atoms with E-state index >= 15 is 0 Å². The van der Waals surface area contributed by atoms with Gasteiger partial charge in [0, 0.05) is 0 Å². The summed E-state index contributed by atoms with van der Waals surface area (Å²) in [7, 11) is 0. The van der Waals surface area contributed by atoms with E-state index in [1.54, 1.807) is 0 Å². The molecule has 0 fully saturated rings. The van der Waals surface area contributed by atoms with Gasteiger partial charge in [-0.1, -0.05) is 452 Å². The van der Waals surface area contributed by atoms with E-state index in [1.807, 2.05) is 0 Å². The molecule has 0 saturated heterocycles. The van der Waals surface area contributed by atoms with E-state index in [4.69, 9.17) is 452 Å². The first-order valence-electron chi connectivity index (χ1n) is 12.6. The predicted molar refractivity (Wildman–Crippen MR) is 292 cm³/mol. The van der Waals surface area contributed by atoms with Crippen molar-refractivity contribution in [3.05, 3.63) is 0 Å². The first kappa shape index (κ1) is 73.4. The topological polar surface area (TPSA) is 46.5 Å². The SMILES string of the molecule is O=S(O)OC(Cl)(Cl)C(Cl)(Cl)C(Cl)(Cl)C(Cl)(Cl)C(Cl)(Cl)C(Cl)(Cl)C(Cl)(Cl)C(Cl)(Cl)C(Cl)(Cl)C(Cl)(Cl)C(Cl)(Cl)C(Cl)(Cl)C(Cl)(Cl)C(Cl)(Cl)C(Cl)(Cl)C(Cl)(Cl)C(Cl)(Cl)C(Cl)(Cl)C(Cl)(Cl)Cl. The highest BCUT2D eigenvalue weighted by atomic mass is 35.6. The molecule has 0 spiro atoms. The Kier molecular flexibility index (Phi) is 26.1. The summed E-state index contributed by atoms with van der Waals surface area (Å²) < 4.78 is -43.3. The third-order valence-corrected chi connectivity index (χ3v) is 35.8. The van der Waals surface area contributed by atoms with Crippen LogP contribution in [-0.4, -0.2) is 90.7 Å². The maximum Gasteiger partial charge on any atom is 0.304 e. The molecular formula is C19HCl39O3S. The van der Waals surface area contributed by atoms with E-state index in [0.717, 1.165) is 0 Å². The van der Waals surface area contributed by atoms with Crippen LogP contribution in [0.1, 0.15) is 0 Å². The Balaban J connectivity index is 7.94. The minimum Gasteiger partial charge on any atom is -0.284 e. The van der Waals surface area contributed by atoms with Crippen LogP contribution >= 0.6 is 452 Å². The molecule has 0 bridgehead atoms. The van der Waals surface area contributed by atoms with E-state index in [-0.39, 0.29) is 0 Å². The van der Waals surface area contributed by atoms with Crippen LogP contribution in [0.3, 0.4) is 0 Å². The third-order valence-electron chi connectivity index (χ3n) is 7.21. The fourth-order valence-electron chi connectivity index (χ4n) is 3.46. The monoisotopic (exact) mass is 1670 g/mol. The zero-order valence-corrected chi connectivity index (χ0v) is 56.2. The summed E-state index contributed by atoms with van der Waals surface area (Å²) in [5.74, 6) is 0. The van der Waals surface area contributed by atoms with Crippen LogP contribution in [-0.2, 0) is 15.5 Å². The third kappa shape index (κ3) is 11.1. The summed E-state index contributed by atoms with van der Waals surface area (Å²) in [6.07, 6.45) is 0. The molecule has 1 unspecified atom stereocenters. The zero-order chi connectivity index (χ0) is 51.8. The van der Waals surface area contributed by atoms with E-state index < -0.39 is 93.3 Å². The average molecular weight is 1690 g/mol. The molecule has 0 aliphatic rings. The Hall–Kier alpha value is 11.4. The van der Waals surface area contributed by atoms with Crippen molar-refractivity contribution < 1.29 is 12.9 Å². The van der Waals surface area contributed by atoms with Gasteiger partial charge in [0.25, 0.3) is 4.52 Å². The van der Waals surface area contributed by atoms with E-state index in [1.165, 1.54) is 0 Å². The van der Waals surface area contributed by atoms with Gasteiger partial charge in [-0.25, -0.2) is 4.18 Å². The molecule has 1 atom stereocenters. The number of hydrogen-bond acceptors (Lipinski definition) is 2. The second-order valence-corrected chi connectivity index (χ2v) is 37.8. The Morgan fingerprint density at radius 1 is 0.226 bits per heavy atom. The van der Waals surface area contributed by atoms with Crippen LogP contribution in [0.25, 0.3) is 0 Å². The summed E-state index contributed by atoms with van der Waals surface area (Å²) in [5.41, 5.74) is 0.